The van der Waals surface area contributed by atoms with Gasteiger partial charge in [0.05, 0.1) is 13.3 Å². The highest BCUT2D eigenvalue weighted by molar-refractivity contribution is 5.83. The van der Waals surface area contributed by atoms with Crippen LogP contribution in [0.4, 0.5) is 0 Å². The number of benzene rings is 3. The van der Waals surface area contributed by atoms with E-state index < -0.39 is 0 Å². The molecule has 172 valence electrons. The van der Waals surface area contributed by atoms with Crippen LogP contribution in [0.25, 0.3) is 0 Å². The lowest BCUT2D eigenvalue weighted by molar-refractivity contribution is -0.123. The van der Waals surface area contributed by atoms with Crippen molar-refractivity contribution in [3.8, 4) is 17.2 Å². The van der Waals surface area contributed by atoms with E-state index in [0.29, 0.717) is 23.9 Å². The molecule has 0 aromatic heterocycles. The fraction of sp³-hybridized carbons (Fsp3) is 0.259. The molecule has 0 aliphatic carbocycles. The van der Waals surface area contributed by atoms with Crippen LogP contribution in [0.15, 0.2) is 59.7 Å². The quantitative estimate of drug-likeness (QED) is 0.369. The van der Waals surface area contributed by atoms with Gasteiger partial charge < -0.3 is 14.2 Å². The van der Waals surface area contributed by atoms with E-state index in [4.69, 9.17) is 14.2 Å². The molecule has 0 saturated heterocycles. The van der Waals surface area contributed by atoms with Gasteiger partial charge in [-0.15, -0.1) is 0 Å². The molecule has 0 heterocycles. The molecule has 0 bridgehead atoms. The molecule has 6 nitrogen and oxygen atoms in total. The summed E-state index contributed by atoms with van der Waals surface area (Å²) >= 11 is 0. The SMILES string of the molecule is COc1cc(/C=N/NC(=O)COc2cc(C)cc(C)c2C)ccc1OCc1ccccc1C. The van der Waals surface area contributed by atoms with Crippen LogP contribution in [-0.4, -0.2) is 25.8 Å². The Morgan fingerprint density at radius 2 is 1.70 bits per heavy atom. The van der Waals surface area contributed by atoms with E-state index in [-0.39, 0.29) is 12.5 Å². The Bertz CT molecular complexity index is 1150. The Hall–Kier alpha value is -3.80. The molecular weight excluding hydrogens is 416 g/mol. The van der Waals surface area contributed by atoms with Crippen molar-refractivity contribution in [3.05, 3.63) is 88.0 Å². The number of ether oxygens (including phenoxy) is 3. The molecule has 0 radical (unpaired) electrons. The molecule has 3 rings (SSSR count). The maximum Gasteiger partial charge on any atom is 0.277 e. The average molecular weight is 447 g/mol. The summed E-state index contributed by atoms with van der Waals surface area (Å²) < 4.78 is 17.1. The molecule has 0 aliphatic rings. The summed E-state index contributed by atoms with van der Waals surface area (Å²) in [6.45, 7) is 8.38. The van der Waals surface area contributed by atoms with Gasteiger partial charge in [0.25, 0.3) is 5.91 Å². The fourth-order valence-electron chi connectivity index (χ4n) is 3.32. The second-order valence-electron chi connectivity index (χ2n) is 7.91. The summed E-state index contributed by atoms with van der Waals surface area (Å²) in [4.78, 5) is 12.1. The van der Waals surface area contributed by atoms with E-state index >= 15 is 0 Å². The number of hydrazone groups is 1. The van der Waals surface area contributed by atoms with E-state index in [2.05, 4.69) is 29.6 Å². The van der Waals surface area contributed by atoms with Gasteiger partial charge in [0.15, 0.2) is 18.1 Å². The smallest absolute Gasteiger partial charge is 0.277 e. The highest BCUT2D eigenvalue weighted by Crippen LogP contribution is 2.28. The topological polar surface area (TPSA) is 69.2 Å². The monoisotopic (exact) mass is 446 g/mol. The van der Waals surface area contributed by atoms with Crippen molar-refractivity contribution < 1.29 is 19.0 Å². The molecule has 6 heteroatoms. The third kappa shape index (κ3) is 6.59. The summed E-state index contributed by atoms with van der Waals surface area (Å²) in [6.07, 6.45) is 1.55. The highest BCUT2D eigenvalue weighted by atomic mass is 16.5. The number of methoxy groups -OCH3 is 1. The number of hydrogen-bond acceptors (Lipinski definition) is 5. The average Bonchev–Trinajstić information content (AvgIpc) is 2.80. The molecule has 0 fully saturated rings. The van der Waals surface area contributed by atoms with Gasteiger partial charge in [0.1, 0.15) is 12.4 Å². The summed E-state index contributed by atoms with van der Waals surface area (Å²) in [6, 6.07) is 17.6. The first kappa shape index (κ1) is 23.9. The molecule has 0 saturated carbocycles. The Balaban J connectivity index is 1.55. The predicted molar refractivity (Wildman–Crippen MR) is 130 cm³/mol. The lowest BCUT2D eigenvalue weighted by Crippen LogP contribution is -2.24. The number of amides is 1. The van der Waals surface area contributed by atoms with Gasteiger partial charge in [-0.25, -0.2) is 5.43 Å². The van der Waals surface area contributed by atoms with Gasteiger partial charge in [-0.1, -0.05) is 30.3 Å². The van der Waals surface area contributed by atoms with Crippen LogP contribution in [0.1, 0.15) is 33.4 Å². The molecule has 3 aromatic carbocycles. The van der Waals surface area contributed by atoms with Gasteiger partial charge in [0.2, 0.25) is 0 Å². The Morgan fingerprint density at radius 1 is 0.909 bits per heavy atom. The number of nitrogens with zero attached hydrogens (tertiary/aromatic N) is 1. The van der Waals surface area contributed by atoms with E-state index in [1.807, 2.05) is 57.2 Å². The number of hydrogen-bond donors (Lipinski definition) is 1. The van der Waals surface area contributed by atoms with Crippen molar-refractivity contribution in [2.24, 2.45) is 5.10 Å². The second kappa shape index (κ2) is 11.2. The van der Waals surface area contributed by atoms with Crippen LogP contribution in [0, 0.1) is 27.7 Å². The molecule has 0 aliphatic heterocycles. The summed E-state index contributed by atoms with van der Waals surface area (Å²) in [5.41, 5.74) is 8.78. The first-order valence-corrected chi connectivity index (χ1v) is 10.7. The third-order valence-corrected chi connectivity index (χ3v) is 5.36. The standard InChI is InChI=1S/C27H30N2O4/c1-18-12-20(3)21(4)25(13-18)33-17-27(30)29-28-15-22-10-11-24(26(14-22)31-5)32-16-23-9-7-6-8-19(23)2/h6-15H,16-17H2,1-5H3,(H,29,30)/b28-15+. The number of aryl methyl sites for hydroxylation is 3. The number of carbonyl (C=O) groups excluding carboxylic acids is 1. The minimum atomic E-state index is -0.338. The van der Waals surface area contributed by atoms with Crippen LogP contribution >= 0.6 is 0 Å². The van der Waals surface area contributed by atoms with Gasteiger partial charge >= 0.3 is 0 Å². The van der Waals surface area contributed by atoms with E-state index in [0.717, 1.165) is 27.8 Å². The third-order valence-electron chi connectivity index (χ3n) is 5.36. The Morgan fingerprint density at radius 3 is 2.45 bits per heavy atom. The normalized spacial score (nSPS) is 10.8. The minimum Gasteiger partial charge on any atom is -0.493 e. The zero-order chi connectivity index (χ0) is 23.8. The van der Waals surface area contributed by atoms with E-state index in [9.17, 15) is 4.79 Å². The molecule has 0 spiro atoms. The number of carbonyl (C=O) groups is 1. The van der Waals surface area contributed by atoms with Gasteiger partial charge in [-0.05, 0) is 85.3 Å². The zero-order valence-electron chi connectivity index (χ0n) is 19.8. The maximum absolute atomic E-state index is 12.1. The van der Waals surface area contributed by atoms with Crippen molar-refractivity contribution >= 4 is 12.1 Å². The summed E-state index contributed by atoms with van der Waals surface area (Å²) in [7, 11) is 1.59. The summed E-state index contributed by atoms with van der Waals surface area (Å²) in [5.74, 6) is 1.60. The molecule has 0 unspecified atom stereocenters. The molecule has 33 heavy (non-hydrogen) atoms. The maximum atomic E-state index is 12.1. The Kier molecular flexibility index (Phi) is 8.08. The van der Waals surface area contributed by atoms with E-state index in [1.165, 1.54) is 5.56 Å². The summed E-state index contributed by atoms with van der Waals surface area (Å²) in [5, 5.41) is 4.02. The highest BCUT2D eigenvalue weighted by Gasteiger charge is 2.08. The Labute approximate surface area is 195 Å². The number of rotatable bonds is 9. The lowest BCUT2D eigenvalue weighted by atomic mass is 10.1. The zero-order valence-corrected chi connectivity index (χ0v) is 19.8. The predicted octanol–water partition coefficient (Wildman–Crippen LogP) is 5.04. The van der Waals surface area contributed by atoms with Crippen LogP contribution in [-0.2, 0) is 11.4 Å². The van der Waals surface area contributed by atoms with Gasteiger partial charge in [-0.3, -0.25) is 4.79 Å². The molecule has 0 atom stereocenters. The second-order valence-corrected chi connectivity index (χ2v) is 7.91. The van der Waals surface area contributed by atoms with Crippen molar-refractivity contribution in [1.82, 2.24) is 5.43 Å². The van der Waals surface area contributed by atoms with E-state index in [1.54, 1.807) is 19.4 Å². The van der Waals surface area contributed by atoms with Gasteiger partial charge in [-0.2, -0.15) is 5.10 Å². The van der Waals surface area contributed by atoms with Crippen LogP contribution in [0.5, 0.6) is 17.2 Å². The minimum absolute atomic E-state index is 0.115. The lowest BCUT2D eigenvalue weighted by Gasteiger charge is -2.12. The largest absolute Gasteiger partial charge is 0.493 e. The number of nitrogens with one attached hydrogen (secondary N) is 1. The van der Waals surface area contributed by atoms with Crippen molar-refractivity contribution in [2.75, 3.05) is 13.7 Å². The van der Waals surface area contributed by atoms with Crippen LogP contribution in [0.3, 0.4) is 0 Å². The molecule has 1 N–H and O–H groups in total. The molecule has 3 aromatic rings. The van der Waals surface area contributed by atoms with Crippen LogP contribution < -0.4 is 19.6 Å². The van der Waals surface area contributed by atoms with Crippen molar-refractivity contribution in [3.63, 3.8) is 0 Å². The fourth-order valence-corrected chi connectivity index (χ4v) is 3.32. The van der Waals surface area contributed by atoms with Gasteiger partial charge in [0, 0.05) is 0 Å². The van der Waals surface area contributed by atoms with Crippen molar-refractivity contribution in [1.29, 1.82) is 0 Å². The molecule has 1 amide bonds. The first-order chi connectivity index (χ1) is 15.9. The van der Waals surface area contributed by atoms with Crippen molar-refractivity contribution in [2.45, 2.75) is 34.3 Å². The molecular formula is C27H30N2O4. The first-order valence-electron chi connectivity index (χ1n) is 10.7. The van der Waals surface area contributed by atoms with Crippen LogP contribution in [0.2, 0.25) is 0 Å².